The molecule has 1 aromatic carbocycles. The van der Waals surface area contributed by atoms with Crippen LogP contribution in [-0.2, 0) is 16.0 Å². The Labute approximate surface area is 140 Å². The molecule has 24 heavy (non-hydrogen) atoms. The number of aryl methyl sites for hydroxylation is 1. The van der Waals surface area contributed by atoms with Crippen LogP contribution >= 0.6 is 0 Å². The van der Waals surface area contributed by atoms with Gasteiger partial charge in [0.25, 0.3) is 0 Å². The molecule has 0 bridgehead atoms. The van der Waals surface area contributed by atoms with Gasteiger partial charge in [-0.1, -0.05) is 0 Å². The largest absolute Gasteiger partial charge is 0.497 e. The molecule has 1 aliphatic rings. The van der Waals surface area contributed by atoms with E-state index in [4.69, 9.17) is 9.47 Å². The van der Waals surface area contributed by atoms with Gasteiger partial charge in [-0.25, -0.2) is 4.39 Å². The van der Waals surface area contributed by atoms with Crippen molar-refractivity contribution >= 4 is 16.9 Å². The number of ether oxygens (including phenoxy) is 2. The van der Waals surface area contributed by atoms with Crippen LogP contribution in [0.4, 0.5) is 4.39 Å². The molecule has 0 amide bonds. The molecule has 6 heteroatoms. The predicted molar refractivity (Wildman–Crippen MR) is 88.5 cm³/mol. The molecule has 0 aliphatic carbocycles. The number of esters is 1. The average Bonchev–Trinajstić information content (AvgIpc) is 2.57. The summed E-state index contributed by atoms with van der Waals surface area (Å²) in [5.41, 5.74) is 0.887. The predicted octanol–water partition coefficient (Wildman–Crippen LogP) is 2.47. The summed E-state index contributed by atoms with van der Waals surface area (Å²) in [5.74, 6) is 0.156. The highest BCUT2D eigenvalue weighted by atomic mass is 19.1. The molecule has 128 valence electrons. The minimum Gasteiger partial charge on any atom is -0.497 e. The first-order chi connectivity index (χ1) is 11.6. The maximum atomic E-state index is 14.3. The Bertz CT molecular complexity index is 759. The summed E-state index contributed by atoms with van der Waals surface area (Å²) in [4.78, 5) is 16.1. The van der Waals surface area contributed by atoms with Crippen LogP contribution in [0.2, 0.25) is 0 Å². The van der Waals surface area contributed by atoms with Crippen molar-refractivity contribution in [3.63, 3.8) is 0 Å². The van der Waals surface area contributed by atoms with Crippen molar-refractivity contribution in [1.29, 1.82) is 0 Å². The Balaban J connectivity index is 1.79. The van der Waals surface area contributed by atoms with Gasteiger partial charge in [-0.15, -0.1) is 0 Å². The first-order valence-electron chi connectivity index (χ1n) is 8.00. The number of fused-ring (bicyclic) bond motifs is 1. The summed E-state index contributed by atoms with van der Waals surface area (Å²) >= 11 is 0. The van der Waals surface area contributed by atoms with Crippen LogP contribution in [0.3, 0.4) is 0 Å². The van der Waals surface area contributed by atoms with E-state index in [1.54, 1.807) is 7.11 Å². The Morgan fingerprint density at radius 1 is 1.38 bits per heavy atom. The molecule has 2 heterocycles. The number of hydrogen-bond donors (Lipinski definition) is 1. The fraction of sp³-hybridized carbons (Fsp3) is 0.444. The van der Waals surface area contributed by atoms with Crippen molar-refractivity contribution in [2.24, 2.45) is 5.41 Å². The van der Waals surface area contributed by atoms with E-state index in [-0.39, 0.29) is 11.8 Å². The summed E-state index contributed by atoms with van der Waals surface area (Å²) in [7, 11) is 2.99. The van der Waals surface area contributed by atoms with Crippen molar-refractivity contribution < 1.29 is 18.7 Å². The topological polar surface area (TPSA) is 60.5 Å². The zero-order chi connectivity index (χ0) is 17.2. The number of halogens is 1. The molecule has 5 nitrogen and oxygen atoms in total. The van der Waals surface area contributed by atoms with Gasteiger partial charge in [0.1, 0.15) is 11.6 Å². The third-order valence-electron chi connectivity index (χ3n) is 4.76. The summed E-state index contributed by atoms with van der Waals surface area (Å²) < 4.78 is 24.4. The summed E-state index contributed by atoms with van der Waals surface area (Å²) in [6.07, 6.45) is 3.16. The normalized spacial score (nSPS) is 15.8. The molecule has 0 saturated carbocycles. The van der Waals surface area contributed by atoms with E-state index >= 15 is 0 Å². The Kier molecular flexibility index (Phi) is 4.66. The smallest absolute Gasteiger partial charge is 0.314 e. The van der Waals surface area contributed by atoms with Crippen LogP contribution in [0, 0.1) is 11.2 Å². The molecule has 3 rings (SSSR count). The number of nitrogens with zero attached hydrogens (tertiary/aromatic N) is 1. The van der Waals surface area contributed by atoms with Gasteiger partial charge in [-0.05, 0) is 43.0 Å². The highest BCUT2D eigenvalue weighted by Gasteiger charge is 2.44. The van der Waals surface area contributed by atoms with E-state index in [2.05, 4.69) is 10.3 Å². The van der Waals surface area contributed by atoms with E-state index in [0.29, 0.717) is 43.7 Å². The Hall–Kier alpha value is -2.21. The number of benzene rings is 1. The average molecular weight is 332 g/mol. The van der Waals surface area contributed by atoms with Crippen LogP contribution in [-0.4, -0.2) is 38.3 Å². The van der Waals surface area contributed by atoms with Gasteiger partial charge in [0.05, 0.1) is 31.3 Å². The number of rotatable bonds is 6. The number of aromatic nitrogens is 1. The molecule has 1 N–H and O–H groups in total. The molecule has 0 unspecified atom stereocenters. The molecular weight excluding hydrogens is 311 g/mol. The van der Waals surface area contributed by atoms with E-state index in [0.717, 1.165) is 10.9 Å². The van der Waals surface area contributed by atoms with Crippen molar-refractivity contribution in [2.75, 3.05) is 27.3 Å². The summed E-state index contributed by atoms with van der Waals surface area (Å²) in [5, 5.41) is 3.88. The van der Waals surface area contributed by atoms with Crippen LogP contribution in [0.15, 0.2) is 24.4 Å². The van der Waals surface area contributed by atoms with Gasteiger partial charge in [0, 0.05) is 18.5 Å². The molecule has 1 saturated heterocycles. The fourth-order valence-corrected chi connectivity index (χ4v) is 3.25. The third kappa shape index (κ3) is 2.94. The first kappa shape index (κ1) is 16.6. The Morgan fingerprint density at radius 2 is 2.17 bits per heavy atom. The zero-order valence-electron chi connectivity index (χ0n) is 13.9. The minimum absolute atomic E-state index is 0.192. The second-order valence-electron chi connectivity index (χ2n) is 6.20. The second kappa shape index (κ2) is 6.73. The highest BCUT2D eigenvalue weighted by Crippen LogP contribution is 2.32. The summed E-state index contributed by atoms with van der Waals surface area (Å²) in [6.45, 7) is 1.24. The quantitative estimate of drug-likeness (QED) is 0.824. The molecule has 1 aliphatic heterocycles. The molecule has 0 radical (unpaired) electrons. The highest BCUT2D eigenvalue weighted by molar-refractivity contribution is 5.83. The standard InChI is InChI=1S/C18H21FN2O3/c1-23-12-5-6-16-14(8-12)13(15(19)9-21-16)4-3-7-18(10-20-11-18)17(22)24-2/h5-6,8-9,20H,3-4,7,10-11H2,1-2H3. The van der Waals surface area contributed by atoms with Gasteiger partial charge < -0.3 is 14.8 Å². The van der Waals surface area contributed by atoms with Crippen molar-refractivity contribution in [3.05, 3.63) is 35.8 Å². The van der Waals surface area contributed by atoms with Crippen molar-refractivity contribution in [2.45, 2.75) is 19.3 Å². The van der Waals surface area contributed by atoms with Crippen LogP contribution < -0.4 is 10.1 Å². The lowest BCUT2D eigenvalue weighted by atomic mass is 9.77. The summed E-state index contributed by atoms with van der Waals surface area (Å²) in [6, 6.07) is 5.44. The molecule has 1 fully saturated rings. The monoisotopic (exact) mass is 332 g/mol. The fourth-order valence-electron chi connectivity index (χ4n) is 3.25. The lowest BCUT2D eigenvalue weighted by molar-refractivity contribution is -0.156. The molecule has 0 spiro atoms. The number of carbonyl (C=O) groups is 1. The minimum atomic E-state index is -0.467. The lowest BCUT2D eigenvalue weighted by Gasteiger charge is -2.39. The number of carbonyl (C=O) groups excluding carboxylic acids is 1. The third-order valence-corrected chi connectivity index (χ3v) is 4.76. The van der Waals surface area contributed by atoms with Gasteiger partial charge in [0.2, 0.25) is 0 Å². The van der Waals surface area contributed by atoms with E-state index in [1.807, 2.05) is 18.2 Å². The van der Waals surface area contributed by atoms with Crippen LogP contribution in [0.5, 0.6) is 5.75 Å². The lowest BCUT2D eigenvalue weighted by Crippen LogP contribution is -2.58. The molecule has 1 aromatic heterocycles. The van der Waals surface area contributed by atoms with Gasteiger partial charge in [-0.3, -0.25) is 9.78 Å². The molecule has 2 aromatic rings. The number of methoxy groups -OCH3 is 2. The van der Waals surface area contributed by atoms with E-state index in [9.17, 15) is 9.18 Å². The van der Waals surface area contributed by atoms with Gasteiger partial charge >= 0.3 is 5.97 Å². The van der Waals surface area contributed by atoms with Gasteiger partial charge in [0.15, 0.2) is 0 Å². The molecule has 0 atom stereocenters. The second-order valence-corrected chi connectivity index (χ2v) is 6.20. The van der Waals surface area contributed by atoms with Crippen molar-refractivity contribution in [3.8, 4) is 5.75 Å². The number of hydrogen-bond acceptors (Lipinski definition) is 5. The first-order valence-corrected chi connectivity index (χ1v) is 8.00. The maximum Gasteiger partial charge on any atom is 0.314 e. The Morgan fingerprint density at radius 3 is 2.79 bits per heavy atom. The molecular formula is C18H21FN2O3. The maximum absolute atomic E-state index is 14.3. The van der Waals surface area contributed by atoms with E-state index in [1.165, 1.54) is 13.3 Å². The number of nitrogens with one attached hydrogen (secondary N) is 1. The zero-order valence-corrected chi connectivity index (χ0v) is 13.9. The van der Waals surface area contributed by atoms with Crippen molar-refractivity contribution in [1.82, 2.24) is 10.3 Å². The van der Waals surface area contributed by atoms with Crippen LogP contribution in [0.25, 0.3) is 10.9 Å². The number of pyridine rings is 1. The van der Waals surface area contributed by atoms with E-state index < -0.39 is 5.41 Å². The van der Waals surface area contributed by atoms with Gasteiger partial charge in [-0.2, -0.15) is 0 Å². The van der Waals surface area contributed by atoms with Crippen LogP contribution in [0.1, 0.15) is 18.4 Å². The SMILES string of the molecule is COC(=O)C1(CCCc2c(F)cnc3ccc(OC)cc23)CNC1.